The molecule has 0 atom stereocenters. The van der Waals surface area contributed by atoms with E-state index in [1.54, 1.807) is 0 Å². The summed E-state index contributed by atoms with van der Waals surface area (Å²) in [5.74, 6) is 2.56. The van der Waals surface area contributed by atoms with Crippen LogP contribution in [0.4, 0.5) is 11.8 Å². The highest BCUT2D eigenvalue weighted by molar-refractivity contribution is 5.45. The van der Waals surface area contributed by atoms with Crippen LogP contribution in [0.15, 0.2) is 6.07 Å². The van der Waals surface area contributed by atoms with Gasteiger partial charge in [0.2, 0.25) is 5.95 Å². The van der Waals surface area contributed by atoms with Crippen LogP contribution in [0.5, 0.6) is 0 Å². The zero-order valence-corrected chi connectivity index (χ0v) is 13.9. The minimum Gasteiger partial charge on any atom is -0.354 e. The summed E-state index contributed by atoms with van der Waals surface area (Å²) in [5, 5.41) is 3.29. The standard InChI is InChI=1S/C16H29N5/c1-5-6-17-16-18-14(4)11-15(19-16)21-9-7-20(8-10-21)12-13(2)3/h11,13H,5-10,12H2,1-4H3,(H,17,18,19). The van der Waals surface area contributed by atoms with E-state index in [1.807, 2.05) is 6.92 Å². The Kier molecular flexibility index (Phi) is 5.79. The lowest BCUT2D eigenvalue weighted by Gasteiger charge is -2.36. The number of aromatic nitrogens is 2. The second-order valence-electron chi connectivity index (χ2n) is 6.30. The molecule has 1 aliphatic rings. The molecule has 1 fully saturated rings. The molecule has 0 aromatic carbocycles. The van der Waals surface area contributed by atoms with Gasteiger partial charge in [-0.2, -0.15) is 4.98 Å². The van der Waals surface area contributed by atoms with Crippen molar-refractivity contribution in [3.63, 3.8) is 0 Å². The van der Waals surface area contributed by atoms with E-state index in [-0.39, 0.29) is 0 Å². The Labute approximate surface area is 128 Å². The van der Waals surface area contributed by atoms with Crippen LogP contribution in [-0.2, 0) is 0 Å². The summed E-state index contributed by atoms with van der Waals surface area (Å²) >= 11 is 0. The number of nitrogens with one attached hydrogen (secondary N) is 1. The van der Waals surface area contributed by atoms with Gasteiger partial charge in [-0.15, -0.1) is 0 Å². The van der Waals surface area contributed by atoms with Crippen molar-refractivity contribution in [2.75, 3.05) is 49.5 Å². The highest BCUT2D eigenvalue weighted by Crippen LogP contribution is 2.17. The molecule has 0 bridgehead atoms. The van der Waals surface area contributed by atoms with Gasteiger partial charge in [0.15, 0.2) is 0 Å². The van der Waals surface area contributed by atoms with Crippen LogP contribution in [0.3, 0.4) is 0 Å². The highest BCUT2D eigenvalue weighted by Gasteiger charge is 2.19. The van der Waals surface area contributed by atoms with Gasteiger partial charge >= 0.3 is 0 Å². The Balaban J connectivity index is 1.97. The molecule has 2 rings (SSSR count). The zero-order valence-electron chi connectivity index (χ0n) is 13.9. The monoisotopic (exact) mass is 291 g/mol. The van der Waals surface area contributed by atoms with Crippen LogP contribution in [0.25, 0.3) is 0 Å². The maximum Gasteiger partial charge on any atom is 0.224 e. The lowest BCUT2D eigenvalue weighted by molar-refractivity contribution is 0.231. The van der Waals surface area contributed by atoms with Gasteiger partial charge in [-0.3, -0.25) is 4.90 Å². The maximum absolute atomic E-state index is 4.67. The van der Waals surface area contributed by atoms with Crippen LogP contribution in [-0.4, -0.2) is 54.1 Å². The van der Waals surface area contributed by atoms with Gasteiger partial charge in [0.25, 0.3) is 0 Å². The average molecular weight is 291 g/mol. The van der Waals surface area contributed by atoms with Crippen molar-refractivity contribution >= 4 is 11.8 Å². The van der Waals surface area contributed by atoms with Gasteiger partial charge in [0, 0.05) is 51.0 Å². The topological polar surface area (TPSA) is 44.3 Å². The third-order valence-electron chi connectivity index (χ3n) is 3.69. The summed E-state index contributed by atoms with van der Waals surface area (Å²) in [6.07, 6.45) is 1.08. The molecule has 5 nitrogen and oxygen atoms in total. The van der Waals surface area contributed by atoms with Crippen molar-refractivity contribution in [3.8, 4) is 0 Å². The van der Waals surface area contributed by atoms with Crippen molar-refractivity contribution in [3.05, 3.63) is 11.8 Å². The van der Waals surface area contributed by atoms with Crippen LogP contribution in [0.2, 0.25) is 0 Å². The second kappa shape index (κ2) is 7.59. The summed E-state index contributed by atoms with van der Waals surface area (Å²) in [6, 6.07) is 2.09. The van der Waals surface area contributed by atoms with E-state index in [4.69, 9.17) is 0 Å². The molecular weight excluding hydrogens is 262 g/mol. The van der Waals surface area contributed by atoms with Gasteiger partial charge in [0.1, 0.15) is 5.82 Å². The molecule has 0 radical (unpaired) electrons. The minimum atomic E-state index is 0.739. The molecule has 1 aromatic rings. The van der Waals surface area contributed by atoms with Gasteiger partial charge in [-0.1, -0.05) is 20.8 Å². The molecule has 21 heavy (non-hydrogen) atoms. The molecule has 1 aromatic heterocycles. The molecule has 0 spiro atoms. The first kappa shape index (κ1) is 16.0. The fourth-order valence-electron chi connectivity index (χ4n) is 2.71. The van der Waals surface area contributed by atoms with E-state index >= 15 is 0 Å². The minimum absolute atomic E-state index is 0.739. The van der Waals surface area contributed by atoms with Gasteiger partial charge < -0.3 is 10.2 Å². The van der Waals surface area contributed by atoms with E-state index in [2.05, 4.69) is 51.9 Å². The molecule has 118 valence electrons. The normalized spacial score (nSPS) is 16.5. The predicted molar refractivity (Wildman–Crippen MR) is 89.0 cm³/mol. The SMILES string of the molecule is CCCNc1nc(C)cc(N2CCN(CC(C)C)CC2)n1. The van der Waals surface area contributed by atoms with Crippen molar-refractivity contribution in [2.24, 2.45) is 5.92 Å². The van der Waals surface area contributed by atoms with Crippen LogP contribution in [0, 0.1) is 12.8 Å². The number of anilines is 2. The van der Waals surface area contributed by atoms with Crippen LogP contribution >= 0.6 is 0 Å². The van der Waals surface area contributed by atoms with Gasteiger partial charge in [-0.05, 0) is 19.3 Å². The van der Waals surface area contributed by atoms with Crippen molar-refractivity contribution in [2.45, 2.75) is 34.1 Å². The number of nitrogens with zero attached hydrogens (tertiary/aromatic N) is 4. The summed E-state index contributed by atoms with van der Waals surface area (Å²) in [7, 11) is 0. The fraction of sp³-hybridized carbons (Fsp3) is 0.750. The summed E-state index contributed by atoms with van der Waals surface area (Å²) in [6.45, 7) is 15.2. The lowest BCUT2D eigenvalue weighted by Crippen LogP contribution is -2.47. The lowest BCUT2D eigenvalue weighted by atomic mass is 10.2. The van der Waals surface area contributed by atoms with E-state index in [0.717, 1.165) is 62.5 Å². The second-order valence-corrected chi connectivity index (χ2v) is 6.30. The molecule has 2 heterocycles. The first-order valence-electron chi connectivity index (χ1n) is 8.15. The maximum atomic E-state index is 4.67. The summed E-state index contributed by atoms with van der Waals surface area (Å²) in [5.41, 5.74) is 1.03. The van der Waals surface area contributed by atoms with Gasteiger partial charge in [-0.25, -0.2) is 4.98 Å². The Morgan fingerprint density at radius 3 is 2.52 bits per heavy atom. The third-order valence-corrected chi connectivity index (χ3v) is 3.69. The molecule has 1 N–H and O–H groups in total. The Morgan fingerprint density at radius 2 is 1.90 bits per heavy atom. The van der Waals surface area contributed by atoms with E-state index < -0.39 is 0 Å². The first-order valence-corrected chi connectivity index (χ1v) is 8.15. The van der Waals surface area contributed by atoms with E-state index in [0.29, 0.717) is 0 Å². The van der Waals surface area contributed by atoms with Crippen molar-refractivity contribution in [1.29, 1.82) is 0 Å². The molecular formula is C16H29N5. The Bertz CT molecular complexity index is 438. The Hall–Kier alpha value is -1.36. The number of hydrogen-bond donors (Lipinski definition) is 1. The molecule has 0 amide bonds. The smallest absolute Gasteiger partial charge is 0.224 e. The summed E-state index contributed by atoms with van der Waals surface area (Å²) in [4.78, 5) is 14.1. The average Bonchev–Trinajstić information content (AvgIpc) is 2.44. The predicted octanol–water partition coefficient (Wildman–Crippen LogP) is 2.38. The number of rotatable bonds is 6. The molecule has 1 aliphatic heterocycles. The Morgan fingerprint density at radius 1 is 1.19 bits per heavy atom. The van der Waals surface area contributed by atoms with Crippen molar-refractivity contribution in [1.82, 2.24) is 14.9 Å². The first-order chi connectivity index (χ1) is 10.1. The van der Waals surface area contributed by atoms with Crippen molar-refractivity contribution < 1.29 is 0 Å². The highest BCUT2D eigenvalue weighted by atomic mass is 15.3. The zero-order chi connectivity index (χ0) is 15.2. The molecule has 0 unspecified atom stereocenters. The van der Waals surface area contributed by atoms with E-state index in [1.165, 1.54) is 6.54 Å². The number of aryl methyl sites for hydroxylation is 1. The van der Waals surface area contributed by atoms with E-state index in [9.17, 15) is 0 Å². The number of hydrogen-bond acceptors (Lipinski definition) is 5. The molecule has 0 aliphatic carbocycles. The molecule has 1 saturated heterocycles. The van der Waals surface area contributed by atoms with Crippen LogP contribution in [0.1, 0.15) is 32.9 Å². The molecule has 0 saturated carbocycles. The fourth-order valence-corrected chi connectivity index (χ4v) is 2.71. The third kappa shape index (κ3) is 4.84. The molecule has 5 heteroatoms. The largest absolute Gasteiger partial charge is 0.354 e. The quantitative estimate of drug-likeness (QED) is 0.872. The van der Waals surface area contributed by atoms with Crippen LogP contribution < -0.4 is 10.2 Å². The van der Waals surface area contributed by atoms with Gasteiger partial charge in [0.05, 0.1) is 0 Å². The number of piperazine rings is 1. The summed E-state index contributed by atoms with van der Waals surface area (Å²) < 4.78 is 0.